The molecule has 0 bridgehead atoms. The summed E-state index contributed by atoms with van der Waals surface area (Å²) in [6, 6.07) is 8.39. The molecule has 1 unspecified atom stereocenters. The molecule has 0 radical (unpaired) electrons. The van der Waals surface area contributed by atoms with Gasteiger partial charge in [-0.1, -0.05) is 12.1 Å². The summed E-state index contributed by atoms with van der Waals surface area (Å²) in [6.07, 6.45) is 1.83. The molecular formula is C16H20N2O2. The highest BCUT2D eigenvalue weighted by Gasteiger charge is 2.23. The molecule has 1 saturated heterocycles. The van der Waals surface area contributed by atoms with Gasteiger partial charge in [-0.3, -0.25) is 9.88 Å². The Labute approximate surface area is 119 Å². The van der Waals surface area contributed by atoms with Crippen molar-refractivity contribution in [3.05, 3.63) is 41.6 Å². The fourth-order valence-corrected chi connectivity index (χ4v) is 2.80. The second-order valence-electron chi connectivity index (χ2n) is 5.31. The van der Waals surface area contributed by atoms with Gasteiger partial charge in [-0.05, 0) is 30.2 Å². The molecule has 1 aliphatic rings. The van der Waals surface area contributed by atoms with Gasteiger partial charge in [0.25, 0.3) is 0 Å². The van der Waals surface area contributed by atoms with E-state index >= 15 is 0 Å². The molecule has 4 heteroatoms. The van der Waals surface area contributed by atoms with Crippen LogP contribution in [0.3, 0.4) is 0 Å². The van der Waals surface area contributed by atoms with Gasteiger partial charge in [0.1, 0.15) is 0 Å². The standard InChI is InChI=1S/C16H20N2O2/c1-12-4-5-16-14(3-2-6-17-16)15(12)9-18-7-8-20-11-13(18)10-19/h2-6,13,19H,7-11H2,1H3. The zero-order valence-electron chi connectivity index (χ0n) is 11.7. The lowest BCUT2D eigenvalue weighted by Gasteiger charge is -2.35. The van der Waals surface area contributed by atoms with Crippen molar-refractivity contribution in [3.63, 3.8) is 0 Å². The zero-order valence-corrected chi connectivity index (χ0v) is 11.7. The molecule has 1 aromatic heterocycles. The van der Waals surface area contributed by atoms with Gasteiger partial charge in [0.05, 0.1) is 31.4 Å². The molecule has 0 amide bonds. The Morgan fingerprint density at radius 1 is 1.40 bits per heavy atom. The fourth-order valence-electron chi connectivity index (χ4n) is 2.80. The smallest absolute Gasteiger partial charge is 0.0705 e. The average Bonchev–Trinajstić information content (AvgIpc) is 2.50. The van der Waals surface area contributed by atoms with E-state index in [0.29, 0.717) is 6.61 Å². The van der Waals surface area contributed by atoms with Crippen molar-refractivity contribution in [1.29, 1.82) is 0 Å². The fraction of sp³-hybridized carbons (Fsp3) is 0.438. The van der Waals surface area contributed by atoms with Crippen LogP contribution in [-0.2, 0) is 11.3 Å². The first-order chi connectivity index (χ1) is 9.79. The molecule has 1 atom stereocenters. The Bertz CT molecular complexity index is 600. The van der Waals surface area contributed by atoms with Gasteiger partial charge in [-0.25, -0.2) is 0 Å². The molecular weight excluding hydrogens is 252 g/mol. The predicted octanol–water partition coefficient (Wildman–Crippen LogP) is 1.74. The highest BCUT2D eigenvalue weighted by atomic mass is 16.5. The highest BCUT2D eigenvalue weighted by Crippen LogP contribution is 2.23. The summed E-state index contributed by atoms with van der Waals surface area (Å²) in [5, 5.41) is 10.7. The summed E-state index contributed by atoms with van der Waals surface area (Å²) in [5.74, 6) is 0. The second-order valence-corrected chi connectivity index (χ2v) is 5.31. The van der Waals surface area contributed by atoms with Crippen LogP contribution in [0.15, 0.2) is 30.5 Å². The monoisotopic (exact) mass is 272 g/mol. The molecule has 4 nitrogen and oxygen atoms in total. The van der Waals surface area contributed by atoms with Crippen LogP contribution in [0.4, 0.5) is 0 Å². The van der Waals surface area contributed by atoms with E-state index < -0.39 is 0 Å². The number of aryl methyl sites for hydroxylation is 1. The maximum Gasteiger partial charge on any atom is 0.0705 e. The summed E-state index contributed by atoms with van der Waals surface area (Å²) in [4.78, 5) is 6.73. The van der Waals surface area contributed by atoms with Crippen molar-refractivity contribution in [3.8, 4) is 0 Å². The van der Waals surface area contributed by atoms with E-state index in [-0.39, 0.29) is 12.6 Å². The van der Waals surface area contributed by atoms with Crippen molar-refractivity contribution in [2.45, 2.75) is 19.5 Å². The molecule has 0 saturated carbocycles. The lowest BCUT2D eigenvalue weighted by atomic mass is 10.0. The van der Waals surface area contributed by atoms with E-state index in [1.807, 2.05) is 12.3 Å². The number of hydrogen-bond acceptors (Lipinski definition) is 4. The number of pyridine rings is 1. The van der Waals surface area contributed by atoms with Gasteiger partial charge in [0.2, 0.25) is 0 Å². The molecule has 0 spiro atoms. The van der Waals surface area contributed by atoms with Crippen molar-refractivity contribution in [1.82, 2.24) is 9.88 Å². The summed E-state index contributed by atoms with van der Waals surface area (Å²) in [5.41, 5.74) is 3.60. The number of hydrogen-bond donors (Lipinski definition) is 1. The van der Waals surface area contributed by atoms with E-state index in [0.717, 1.165) is 25.2 Å². The molecule has 3 rings (SSSR count). The lowest BCUT2D eigenvalue weighted by molar-refractivity contribution is -0.0311. The minimum absolute atomic E-state index is 0.0927. The largest absolute Gasteiger partial charge is 0.395 e. The summed E-state index contributed by atoms with van der Waals surface area (Å²) in [6.45, 7) is 5.32. The van der Waals surface area contributed by atoms with Crippen molar-refractivity contribution >= 4 is 10.9 Å². The average molecular weight is 272 g/mol. The second kappa shape index (κ2) is 5.87. The van der Waals surface area contributed by atoms with Crippen molar-refractivity contribution in [2.24, 2.45) is 0 Å². The molecule has 106 valence electrons. The predicted molar refractivity (Wildman–Crippen MR) is 78.6 cm³/mol. The molecule has 1 fully saturated rings. The van der Waals surface area contributed by atoms with E-state index in [2.05, 4.69) is 35.0 Å². The quantitative estimate of drug-likeness (QED) is 0.924. The highest BCUT2D eigenvalue weighted by molar-refractivity contribution is 5.83. The topological polar surface area (TPSA) is 45.6 Å². The third kappa shape index (κ3) is 2.54. The van der Waals surface area contributed by atoms with Gasteiger partial charge >= 0.3 is 0 Å². The number of nitrogens with zero attached hydrogens (tertiary/aromatic N) is 2. The first-order valence-corrected chi connectivity index (χ1v) is 7.05. The van der Waals surface area contributed by atoms with E-state index in [1.165, 1.54) is 16.5 Å². The number of morpholine rings is 1. The Kier molecular flexibility index (Phi) is 3.96. The normalized spacial score (nSPS) is 20.4. The third-order valence-electron chi connectivity index (χ3n) is 4.05. The molecule has 20 heavy (non-hydrogen) atoms. The summed E-state index contributed by atoms with van der Waals surface area (Å²) in [7, 11) is 0. The van der Waals surface area contributed by atoms with Crippen LogP contribution in [0.5, 0.6) is 0 Å². The van der Waals surface area contributed by atoms with Gasteiger partial charge in [0.15, 0.2) is 0 Å². The van der Waals surface area contributed by atoms with Crippen LogP contribution in [0.2, 0.25) is 0 Å². The minimum atomic E-state index is 0.0927. The Balaban J connectivity index is 1.95. The molecule has 2 aromatic rings. The molecule has 1 N–H and O–H groups in total. The van der Waals surface area contributed by atoms with Crippen LogP contribution >= 0.6 is 0 Å². The number of ether oxygens (including phenoxy) is 1. The number of benzene rings is 1. The number of fused-ring (bicyclic) bond motifs is 1. The number of aromatic nitrogens is 1. The molecule has 0 aliphatic carbocycles. The van der Waals surface area contributed by atoms with Gasteiger partial charge in [0, 0.05) is 24.7 Å². The summed E-state index contributed by atoms with van der Waals surface area (Å²) >= 11 is 0. The Hall–Kier alpha value is -1.49. The Morgan fingerprint density at radius 3 is 3.15 bits per heavy atom. The minimum Gasteiger partial charge on any atom is -0.395 e. The third-order valence-corrected chi connectivity index (χ3v) is 4.05. The van der Waals surface area contributed by atoms with Crippen molar-refractivity contribution < 1.29 is 9.84 Å². The summed E-state index contributed by atoms with van der Waals surface area (Å²) < 4.78 is 5.44. The van der Waals surface area contributed by atoms with Crippen LogP contribution in [0, 0.1) is 6.92 Å². The lowest BCUT2D eigenvalue weighted by Crippen LogP contribution is -2.46. The van der Waals surface area contributed by atoms with Crippen LogP contribution < -0.4 is 0 Å². The maximum atomic E-state index is 9.49. The maximum absolute atomic E-state index is 9.49. The first kappa shape index (κ1) is 13.5. The number of rotatable bonds is 3. The van der Waals surface area contributed by atoms with Gasteiger partial charge in [-0.15, -0.1) is 0 Å². The number of aliphatic hydroxyl groups excluding tert-OH is 1. The molecule has 1 aromatic carbocycles. The Morgan fingerprint density at radius 2 is 2.30 bits per heavy atom. The van der Waals surface area contributed by atoms with E-state index in [4.69, 9.17) is 4.74 Å². The van der Waals surface area contributed by atoms with Crippen molar-refractivity contribution in [2.75, 3.05) is 26.4 Å². The number of aliphatic hydroxyl groups is 1. The van der Waals surface area contributed by atoms with Crippen LogP contribution in [0.25, 0.3) is 10.9 Å². The van der Waals surface area contributed by atoms with Crippen LogP contribution in [0.1, 0.15) is 11.1 Å². The zero-order chi connectivity index (χ0) is 13.9. The van der Waals surface area contributed by atoms with Gasteiger partial charge < -0.3 is 9.84 Å². The van der Waals surface area contributed by atoms with Crippen LogP contribution in [-0.4, -0.2) is 47.4 Å². The first-order valence-electron chi connectivity index (χ1n) is 7.05. The van der Waals surface area contributed by atoms with E-state index in [9.17, 15) is 5.11 Å². The molecule has 2 heterocycles. The SMILES string of the molecule is Cc1ccc2ncccc2c1CN1CCOCC1CO. The molecule has 1 aliphatic heterocycles. The van der Waals surface area contributed by atoms with E-state index in [1.54, 1.807) is 0 Å². The van der Waals surface area contributed by atoms with Gasteiger partial charge in [-0.2, -0.15) is 0 Å².